The Labute approximate surface area is 186 Å². The molecule has 2 N–H and O–H groups in total. The van der Waals surface area contributed by atoms with Crippen molar-refractivity contribution in [3.8, 4) is 11.4 Å². The van der Waals surface area contributed by atoms with Crippen molar-refractivity contribution in [3.63, 3.8) is 0 Å². The third-order valence-electron chi connectivity index (χ3n) is 5.69. The summed E-state index contributed by atoms with van der Waals surface area (Å²) in [6, 6.07) is 12.3. The summed E-state index contributed by atoms with van der Waals surface area (Å²) in [4.78, 5) is 16.5. The molecule has 8 heteroatoms. The first-order chi connectivity index (χ1) is 14.5. The average molecular weight is 446 g/mol. The molecule has 1 aromatic heterocycles. The molecule has 2 heterocycles. The molecule has 1 aliphatic rings. The fourth-order valence-corrected chi connectivity index (χ4v) is 3.89. The van der Waals surface area contributed by atoms with Gasteiger partial charge in [0.15, 0.2) is 0 Å². The molecule has 1 fully saturated rings. The van der Waals surface area contributed by atoms with Crippen molar-refractivity contribution in [1.82, 2.24) is 9.55 Å². The van der Waals surface area contributed by atoms with Gasteiger partial charge in [0.25, 0.3) is 0 Å². The zero-order chi connectivity index (χ0) is 21.1. The van der Waals surface area contributed by atoms with Crippen molar-refractivity contribution < 1.29 is 18.7 Å². The number of benzene rings is 2. The summed E-state index contributed by atoms with van der Waals surface area (Å²) in [6.45, 7) is 3.05. The smallest absolute Gasteiger partial charge is 0.228 e. The number of hydrogen-bond donors (Lipinski definition) is 1. The van der Waals surface area contributed by atoms with Crippen LogP contribution >= 0.6 is 12.4 Å². The number of carbonyl (C=O) groups excluding carboxylic acids is 1. The number of carbonyl (C=O) groups is 1. The SMILES string of the molecule is Cc1nccn1-c1ccc(COc2cc(F)cc(C3(C(N)=O)CCOCC3)c2)cc1.Cl. The van der Waals surface area contributed by atoms with E-state index in [4.69, 9.17) is 15.2 Å². The van der Waals surface area contributed by atoms with Crippen LogP contribution in [-0.2, 0) is 21.6 Å². The molecule has 0 aliphatic carbocycles. The van der Waals surface area contributed by atoms with Crippen LogP contribution in [0.3, 0.4) is 0 Å². The Morgan fingerprint density at radius 2 is 1.94 bits per heavy atom. The number of ether oxygens (including phenoxy) is 2. The van der Waals surface area contributed by atoms with E-state index in [0.717, 1.165) is 17.1 Å². The molecule has 0 atom stereocenters. The number of hydrogen-bond acceptors (Lipinski definition) is 4. The third kappa shape index (κ3) is 4.73. The van der Waals surface area contributed by atoms with Crippen LogP contribution < -0.4 is 10.5 Å². The van der Waals surface area contributed by atoms with Crippen LogP contribution in [0.4, 0.5) is 4.39 Å². The van der Waals surface area contributed by atoms with Gasteiger partial charge in [-0.1, -0.05) is 12.1 Å². The number of imidazole rings is 1. The fourth-order valence-electron chi connectivity index (χ4n) is 3.89. The fraction of sp³-hybridized carbons (Fsp3) is 0.304. The maximum Gasteiger partial charge on any atom is 0.228 e. The van der Waals surface area contributed by atoms with Gasteiger partial charge in [-0.2, -0.15) is 0 Å². The van der Waals surface area contributed by atoms with Crippen molar-refractivity contribution in [1.29, 1.82) is 0 Å². The monoisotopic (exact) mass is 445 g/mol. The van der Waals surface area contributed by atoms with Gasteiger partial charge in [0.1, 0.15) is 24.0 Å². The van der Waals surface area contributed by atoms with Gasteiger partial charge in [-0.15, -0.1) is 12.4 Å². The number of halogens is 2. The molecular formula is C23H25ClFN3O3. The lowest BCUT2D eigenvalue weighted by atomic mass is 9.73. The van der Waals surface area contributed by atoms with Crippen LogP contribution in [0.5, 0.6) is 5.75 Å². The number of amides is 1. The highest BCUT2D eigenvalue weighted by Gasteiger charge is 2.40. The van der Waals surface area contributed by atoms with Crippen LogP contribution in [0.15, 0.2) is 54.9 Å². The van der Waals surface area contributed by atoms with Crippen molar-refractivity contribution in [2.45, 2.75) is 31.8 Å². The maximum absolute atomic E-state index is 14.3. The molecule has 0 spiro atoms. The van der Waals surface area contributed by atoms with E-state index in [1.54, 1.807) is 12.3 Å². The minimum atomic E-state index is -0.928. The first-order valence-corrected chi connectivity index (χ1v) is 9.89. The highest BCUT2D eigenvalue weighted by atomic mass is 35.5. The quantitative estimate of drug-likeness (QED) is 0.625. The van der Waals surface area contributed by atoms with E-state index in [2.05, 4.69) is 4.98 Å². The second kappa shape index (κ2) is 9.49. The van der Waals surface area contributed by atoms with Crippen molar-refractivity contribution in [2.24, 2.45) is 5.73 Å². The number of primary amides is 1. The molecule has 31 heavy (non-hydrogen) atoms. The lowest BCUT2D eigenvalue weighted by Crippen LogP contribution is -2.45. The zero-order valence-corrected chi connectivity index (χ0v) is 18.0. The van der Waals surface area contributed by atoms with Gasteiger partial charge in [0.2, 0.25) is 5.91 Å². The zero-order valence-electron chi connectivity index (χ0n) is 17.2. The second-order valence-electron chi connectivity index (χ2n) is 7.53. The molecule has 0 saturated carbocycles. The van der Waals surface area contributed by atoms with Crippen LogP contribution in [0.2, 0.25) is 0 Å². The molecule has 1 saturated heterocycles. The minimum absolute atomic E-state index is 0. The lowest BCUT2D eigenvalue weighted by Gasteiger charge is -2.34. The molecular weight excluding hydrogens is 421 g/mol. The third-order valence-corrected chi connectivity index (χ3v) is 5.69. The summed E-state index contributed by atoms with van der Waals surface area (Å²) in [6.07, 6.45) is 4.52. The number of nitrogens with two attached hydrogens (primary N) is 1. The minimum Gasteiger partial charge on any atom is -0.489 e. The molecule has 4 rings (SSSR count). The summed E-state index contributed by atoms with van der Waals surface area (Å²) in [5.74, 6) is 0.350. The van der Waals surface area contributed by atoms with Crippen molar-refractivity contribution in [2.75, 3.05) is 13.2 Å². The Kier molecular flexibility index (Phi) is 6.97. The predicted molar refractivity (Wildman–Crippen MR) is 117 cm³/mol. The topological polar surface area (TPSA) is 79.4 Å². The molecule has 0 bridgehead atoms. The molecule has 3 aromatic rings. The Morgan fingerprint density at radius 1 is 1.23 bits per heavy atom. The molecule has 0 radical (unpaired) electrons. The number of rotatable bonds is 6. The van der Waals surface area contributed by atoms with Crippen LogP contribution in [0.1, 0.15) is 29.8 Å². The summed E-state index contributed by atoms with van der Waals surface area (Å²) in [5, 5.41) is 0. The average Bonchev–Trinajstić information content (AvgIpc) is 3.18. The Balaban J connectivity index is 0.00000272. The summed E-state index contributed by atoms with van der Waals surface area (Å²) < 4.78 is 27.5. The van der Waals surface area contributed by atoms with Gasteiger partial charge in [-0.3, -0.25) is 4.79 Å². The van der Waals surface area contributed by atoms with Gasteiger partial charge >= 0.3 is 0 Å². The molecule has 1 aliphatic heterocycles. The molecule has 2 aromatic carbocycles. The Hall–Kier alpha value is -2.90. The molecule has 6 nitrogen and oxygen atoms in total. The van der Waals surface area contributed by atoms with Gasteiger partial charge in [0, 0.05) is 37.4 Å². The largest absolute Gasteiger partial charge is 0.489 e. The van der Waals surface area contributed by atoms with Crippen LogP contribution in [0.25, 0.3) is 5.69 Å². The standard InChI is InChI=1S/C23H24FN3O3.ClH/c1-16-26-8-9-27(16)20-4-2-17(3-5-20)15-30-21-13-18(12-19(24)14-21)23(22(25)28)6-10-29-11-7-23;/h2-5,8-9,12-14H,6-7,10-11,15H2,1H3,(H2,25,28);1H. The highest BCUT2D eigenvalue weighted by Crippen LogP contribution is 2.37. The van der Waals surface area contributed by atoms with Crippen LogP contribution in [0, 0.1) is 12.7 Å². The van der Waals surface area contributed by atoms with E-state index >= 15 is 0 Å². The van der Waals surface area contributed by atoms with E-state index in [9.17, 15) is 9.18 Å². The maximum atomic E-state index is 14.3. The van der Waals surface area contributed by atoms with Gasteiger partial charge < -0.3 is 19.8 Å². The number of nitrogens with zero attached hydrogens (tertiary/aromatic N) is 2. The van der Waals surface area contributed by atoms with Gasteiger partial charge in [0.05, 0.1) is 5.41 Å². The Morgan fingerprint density at radius 3 is 2.55 bits per heavy atom. The normalized spacial score (nSPS) is 15.2. The Bertz CT molecular complexity index is 1050. The molecule has 1 amide bonds. The molecule has 164 valence electrons. The van der Waals surface area contributed by atoms with E-state index in [1.165, 1.54) is 12.1 Å². The highest BCUT2D eigenvalue weighted by molar-refractivity contribution is 5.87. The molecule has 0 unspecified atom stereocenters. The van der Waals surface area contributed by atoms with E-state index in [0.29, 0.717) is 37.4 Å². The number of aromatic nitrogens is 2. The van der Waals surface area contributed by atoms with Crippen LogP contribution in [-0.4, -0.2) is 28.7 Å². The van der Waals surface area contributed by atoms with E-state index < -0.39 is 17.1 Å². The lowest BCUT2D eigenvalue weighted by molar-refractivity contribution is -0.127. The van der Waals surface area contributed by atoms with Crippen molar-refractivity contribution >= 4 is 18.3 Å². The number of aryl methyl sites for hydroxylation is 1. The van der Waals surface area contributed by atoms with Crippen molar-refractivity contribution in [3.05, 3.63) is 77.6 Å². The van der Waals surface area contributed by atoms with E-state index in [1.807, 2.05) is 42.0 Å². The van der Waals surface area contributed by atoms with E-state index in [-0.39, 0.29) is 19.0 Å². The summed E-state index contributed by atoms with van der Waals surface area (Å²) in [7, 11) is 0. The predicted octanol–water partition coefficient (Wildman–Crippen LogP) is 3.85. The summed E-state index contributed by atoms with van der Waals surface area (Å²) in [5.41, 5.74) is 7.26. The first-order valence-electron chi connectivity index (χ1n) is 9.89. The second-order valence-corrected chi connectivity index (χ2v) is 7.53. The summed E-state index contributed by atoms with van der Waals surface area (Å²) >= 11 is 0. The van der Waals surface area contributed by atoms with Gasteiger partial charge in [-0.05, 0) is 55.2 Å². The van der Waals surface area contributed by atoms with Gasteiger partial charge in [-0.25, -0.2) is 9.37 Å². The first kappa shape index (κ1) is 22.8.